The summed E-state index contributed by atoms with van der Waals surface area (Å²) < 4.78 is 0. The highest BCUT2D eigenvalue weighted by atomic mass is 16.3. The summed E-state index contributed by atoms with van der Waals surface area (Å²) in [7, 11) is 0. The Morgan fingerprint density at radius 2 is 1.26 bits per heavy atom. The summed E-state index contributed by atoms with van der Waals surface area (Å²) in [6.45, 7) is 4.15. The third-order valence-corrected chi connectivity index (χ3v) is 5.35. The summed E-state index contributed by atoms with van der Waals surface area (Å²) >= 11 is 0. The molecule has 2 unspecified atom stereocenters. The highest BCUT2D eigenvalue weighted by Gasteiger charge is 2.17. The monoisotopic (exact) mass is 435 g/mol. The van der Waals surface area contributed by atoms with Crippen molar-refractivity contribution in [2.75, 3.05) is 6.61 Å². The molecule has 0 spiro atoms. The fourth-order valence-electron chi connectivity index (χ4n) is 3.32. The predicted octanol–water partition coefficient (Wildman–Crippen LogP) is 6.38. The topological polar surface area (TPSA) is 69.6 Å². The van der Waals surface area contributed by atoms with Crippen molar-refractivity contribution >= 4 is 5.91 Å². The lowest BCUT2D eigenvalue weighted by atomic mass is 10.1. The van der Waals surface area contributed by atoms with Gasteiger partial charge in [0.25, 0.3) is 0 Å². The average molecular weight is 436 g/mol. The number of rotatable bonds is 21. The summed E-state index contributed by atoms with van der Waals surface area (Å²) in [5.41, 5.74) is 0. The summed E-state index contributed by atoms with van der Waals surface area (Å²) in [6, 6.07) is -0.636. The first-order valence-corrected chi connectivity index (χ1v) is 12.7. The normalized spacial score (nSPS) is 14.1. The van der Waals surface area contributed by atoms with E-state index in [0.717, 1.165) is 38.5 Å². The van der Waals surface area contributed by atoms with Crippen molar-refractivity contribution in [1.29, 1.82) is 0 Å². The number of carbonyl (C=O) groups excluding carboxylic acids is 1. The molecule has 0 aliphatic heterocycles. The molecule has 0 saturated carbocycles. The van der Waals surface area contributed by atoms with E-state index in [4.69, 9.17) is 0 Å². The third-order valence-electron chi connectivity index (χ3n) is 5.35. The molecule has 0 aromatic rings. The van der Waals surface area contributed by atoms with Crippen LogP contribution in [0.2, 0.25) is 0 Å². The van der Waals surface area contributed by atoms with Gasteiger partial charge in [-0.3, -0.25) is 4.79 Å². The lowest BCUT2D eigenvalue weighted by Gasteiger charge is -2.19. The summed E-state index contributed by atoms with van der Waals surface area (Å²) in [5, 5.41) is 22.5. The minimum absolute atomic E-state index is 0.0932. The summed E-state index contributed by atoms with van der Waals surface area (Å²) in [5.74, 6) is -0.0932. The van der Waals surface area contributed by atoms with E-state index < -0.39 is 12.1 Å². The Hall–Kier alpha value is -1.39. The number of unbranched alkanes of at least 4 members (excludes halogenated alkanes) is 10. The average Bonchev–Trinajstić information content (AvgIpc) is 2.77. The first kappa shape index (κ1) is 29.6. The van der Waals surface area contributed by atoms with Gasteiger partial charge in [0.15, 0.2) is 0 Å². The van der Waals surface area contributed by atoms with E-state index in [2.05, 4.69) is 43.5 Å². The van der Waals surface area contributed by atoms with Gasteiger partial charge in [-0.15, -0.1) is 0 Å². The maximum absolute atomic E-state index is 12.0. The highest BCUT2D eigenvalue weighted by molar-refractivity contribution is 5.76. The van der Waals surface area contributed by atoms with E-state index in [1.54, 1.807) is 6.08 Å². The van der Waals surface area contributed by atoms with Crippen LogP contribution < -0.4 is 5.32 Å². The molecular formula is C27H49NO3. The molecular weight excluding hydrogens is 386 g/mol. The van der Waals surface area contributed by atoms with Crippen LogP contribution in [0.3, 0.4) is 0 Å². The van der Waals surface area contributed by atoms with Crippen molar-refractivity contribution in [3.8, 4) is 0 Å². The molecule has 4 nitrogen and oxygen atoms in total. The van der Waals surface area contributed by atoms with Crippen molar-refractivity contribution < 1.29 is 15.0 Å². The second-order valence-corrected chi connectivity index (χ2v) is 8.39. The van der Waals surface area contributed by atoms with Crippen molar-refractivity contribution in [3.63, 3.8) is 0 Å². The van der Waals surface area contributed by atoms with Crippen LogP contribution in [-0.2, 0) is 4.79 Å². The van der Waals surface area contributed by atoms with Gasteiger partial charge in [0.1, 0.15) is 0 Å². The highest BCUT2D eigenvalue weighted by Crippen LogP contribution is 2.08. The van der Waals surface area contributed by atoms with Crippen LogP contribution >= 0.6 is 0 Å². The fourth-order valence-corrected chi connectivity index (χ4v) is 3.32. The number of carbonyl (C=O) groups is 1. The quantitative estimate of drug-likeness (QED) is 0.145. The molecule has 2 atom stereocenters. The number of hydrogen-bond donors (Lipinski definition) is 3. The van der Waals surface area contributed by atoms with E-state index in [1.165, 1.54) is 51.4 Å². The van der Waals surface area contributed by atoms with Crippen molar-refractivity contribution in [2.45, 2.75) is 122 Å². The van der Waals surface area contributed by atoms with Gasteiger partial charge in [0.05, 0.1) is 18.8 Å². The van der Waals surface area contributed by atoms with Gasteiger partial charge in [0, 0.05) is 6.42 Å². The Kier molecular flexibility index (Phi) is 22.2. The molecule has 0 radical (unpaired) electrons. The number of allylic oxidation sites excluding steroid dienone is 5. The number of amides is 1. The van der Waals surface area contributed by atoms with Crippen molar-refractivity contribution in [2.24, 2.45) is 0 Å². The summed E-state index contributed by atoms with van der Waals surface area (Å²) in [4.78, 5) is 12.0. The second kappa shape index (κ2) is 23.3. The van der Waals surface area contributed by atoms with Crippen LogP contribution in [0.1, 0.15) is 110 Å². The van der Waals surface area contributed by atoms with Gasteiger partial charge in [-0.05, 0) is 44.9 Å². The van der Waals surface area contributed by atoms with E-state index in [0.29, 0.717) is 6.42 Å². The van der Waals surface area contributed by atoms with Crippen LogP contribution in [0.4, 0.5) is 0 Å². The number of aliphatic hydroxyl groups is 2. The van der Waals surface area contributed by atoms with Gasteiger partial charge in [-0.25, -0.2) is 0 Å². The maximum atomic E-state index is 12.0. The van der Waals surface area contributed by atoms with E-state index >= 15 is 0 Å². The molecule has 0 fully saturated rings. The van der Waals surface area contributed by atoms with Gasteiger partial charge < -0.3 is 15.5 Å². The molecule has 0 aliphatic carbocycles. The molecule has 3 N–H and O–H groups in total. The van der Waals surface area contributed by atoms with Crippen LogP contribution in [0.15, 0.2) is 36.5 Å². The maximum Gasteiger partial charge on any atom is 0.220 e. The third kappa shape index (κ3) is 20.3. The first-order valence-electron chi connectivity index (χ1n) is 12.7. The molecule has 0 aromatic heterocycles. The number of hydrogen-bond acceptors (Lipinski definition) is 3. The molecule has 0 aliphatic rings. The molecule has 31 heavy (non-hydrogen) atoms. The Morgan fingerprint density at radius 3 is 1.87 bits per heavy atom. The van der Waals surface area contributed by atoms with Gasteiger partial charge in [-0.1, -0.05) is 95.2 Å². The molecule has 0 bridgehead atoms. The number of aliphatic hydroxyl groups excluding tert-OH is 2. The minimum Gasteiger partial charge on any atom is -0.394 e. The molecule has 1 amide bonds. The van der Waals surface area contributed by atoms with Crippen LogP contribution in [0, 0.1) is 0 Å². The van der Waals surface area contributed by atoms with Gasteiger partial charge in [-0.2, -0.15) is 0 Å². The lowest BCUT2D eigenvalue weighted by Crippen LogP contribution is -2.45. The van der Waals surface area contributed by atoms with Crippen LogP contribution in [-0.4, -0.2) is 34.9 Å². The fraction of sp³-hybridized carbons (Fsp3) is 0.741. The summed E-state index contributed by atoms with van der Waals surface area (Å²) in [6.07, 6.45) is 27.9. The SMILES string of the molecule is CCCCC/C=C/CC/C=C/CC/C=C/C(O)C(CO)NC(=O)CCCCCCCC. The second-order valence-electron chi connectivity index (χ2n) is 8.39. The zero-order valence-electron chi connectivity index (χ0n) is 20.2. The molecule has 0 heterocycles. The predicted molar refractivity (Wildman–Crippen MR) is 133 cm³/mol. The van der Waals surface area contributed by atoms with Gasteiger partial charge in [0.2, 0.25) is 5.91 Å². The zero-order valence-corrected chi connectivity index (χ0v) is 20.2. The van der Waals surface area contributed by atoms with Crippen molar-refractivity contribution in [3.05, 3.63) is 36.5 Å². The van der Waals surface area contributed by atoms with E-state index in [1.807, 2.05) is 6.08 Å². The Morgan fingerprint density at radius 1 is 0.742 bits per heavy atom. The molecule has 0 rings (SSSR count). The first-order chi connectivity index (χ1) is 15.2. The number of nitrogens with one attached hydrogen (secondary N) is 1. The Labute approximate surface area is 191 Å². The molecule has 180 valence electrons. The molecule has 4 heteroatoms. The standard InChI is InChI=1S/C27H49NO3/c1-3-5-7-9-11-12-13-14-15-16-17-18-20-22-26(30)25(24-29)28-27(31)23-21-19-10-8-6-4-2/h11-12,15-16,20,22,25-26,29-30H,3-10,13-14,17-19,21,23-24H2,1-2H3,(H,28,31)/b12-11+,16-15+,22-20+. The van der Waals surface area contributed by atoms with E-state index in [9.17, 15) is 15.0 Å². The Bertz CT molecular complexity index is 485. The lowest BCUT2D eigenvalue weighted by molar-refractivity contribution is -0.123. The smallest absolute Gasteiger partial charge is 0.220 e. The van der Waals surface area contributed by atoms with Crippen molar-refractivity contribution in [1.82, 2.24) is 5.32 Å². The largest absolute Gasteiger partial charge is 0.394 e. The minimum atomic E-state index is -0.861. The molecule has 0 saturated heterocycles. The Balaban J connectivity index is 3.86. The van der Waals surface area contributed by atoms with Crippen LogP contribution in [0.5, 0.6) is 0 Å². The van der Waals surface area contributed by atoms with Crippen LogP contribution in [0.25, 0.3) is 0 Å². The van der Waals surface area contributed by atoms with Gasteiger partial charge >= 0.3 is 0 Å². The van der Waals surface area contributed by atoms with E-state index in [-0.39, 0.29) is 12.5 Å². The molecule has 0 aromatic carbocycles. The zero-order chi connectivity index (χ0) is 23.0.